The molecular weight excluding hydrogens is 286 g/mol. The second-order valence-corrected chi connectivity index (χ2v) is 5.24. The van der Waals surface area contributed by atoms with E-state index in [1.807, 2.05) is 25.1 Å². The molecule has 0 amide bonds. The molecule has 0 fully saturated rings. The maximum absolute atomic E-state index is 11.1. The summed E-state index contributed by atoms with van der Waals surface area (Å²) in [5.74, 6) is -0.325. The van der Waals surface area contributed by atoms with Gasteiger partial charge in [-0.3, -0.25) is 4.79 Å². The average Bonchev–Trinajstić information content (AvgIpc) is 2.51. The third-order valence-corrected chi connectivity index (χ3v) is 3.94. The molecule has 0 aliphatic carbocycles. The molecule has 2 rings (SSSR count). The Kier molecular flexibility index (Phi) is 4.55. The second-order valence-electron chi connectivity index (χ2n) is 4.75. The summed E-state index contributed by atoms with van der Waals surface area (Å²) in [7, 11) is 1.60. The molecule has 21 heavy (non-hydrogen) atoms. The summed E-state index contributed by atoms with van der Waals surface area (Å²) in [6, 6.07) is 8.12. The lowest BCUT2D eigenvalue weighted by Gasteiger charge is -2.14. The van der Waals surface area contributed by atoms with Crippen LogP contribution in [0.5, 0.6) is 5.75 Å². The van der Waals surface area contributed by atoms with Gasteiger partial charge in [0.2, 0.25) is 0 Å². The van der Waals surface area contributed by atoms with Gasteiger partial charge in [-0.2, -0.15) is 0 Å². The van der Waals surface area contributed by atoms with E-state index in [1.165, 1.54) is 0 Å². The van der Waals surface area contributed by atoms with Crippen molar-refractivity contribution in [1.29, 1.82) is 0 Å². The zero-order chi connectivity index (χ0) is 15.6. The van der Waals surface area contributed by atoms with Crippen LogP contribution in [0.25, 0.3) is 10.8 Å². The van der Waals surface area contributed by atoms with E-state index in [9.17, 15) is 4.79 Å². The van der Waals surface area contributed by atoms with Crippen LogP contribution in [-0.4, -0.2) is 23.1 Å². The zero-order valence-corrected chi connectivity index (χ0v) is 12.7. The van der Waals surface area contributed by atoms with Crippen LogP contribution in [-0.2, 0) is 4.79 Å². The number of nitrogens with two attached hydrogens (primary N) is 1. The fourth-order valence-electron chi connectivity index (χ4n) is 2.23. The number of rotatable bonds is 5. The van der Waals surface area contributed by atoms with Gasteiger partial charge in [-0.25, -0.2) is 0 Å². The van der Waals surface area contributed by atoms with E-state index in [1.54, 1.807) is 19.2 Å². The standard InChI is InChI=1S/C16H17NO3S/c1-3-14(21)13-7-10(15(17)16(18)19)6-9-4-5-11(20-2)8-12(9)13/h4-8,15H,3,17H2,1-2H3,(H,18,19)/t15-/m0/s1. The summed E-state index contributed by atoms with van der Waals surface area (Å²) in [6.45, 7) is 1.97. The number of fused-ring (bicyclic) bond motifs is 1. The summed E-state index contributed by atoms with van der Waals surface area (Å²) < 4.78 is 5.24. The Bertz CT molecular complexity index is 712. The van der Waals surface area contributed by atoms with Crippen molar-refractivity contribution in [2.75, 3.05) is 7.11 Å². The molecule has 4 nitrogen and oxygen atoms in total. The topological polar surface area (TPSA) is 72.6 Å². The van der Waals surface area contributed by atoms with Crippen molar-refractivity contribution in [3.05, 3.63) is 41.5 Å². The fraction of sp³-hybridized carbons (Fsp3) is 0.250. The normalized spacial score (nSPS) is 12.1. The Morgan fingerprint density at radius 3 is 2.67 bits per heavy atom. The number of hydrogen-bond acceptors (Lipinski definition) is 4. The van der Waals surface area contributed by atoms with Gasteiger partial charge in [-0.1, -0.05) is 25.2 Å². The number of thiocarbonyl (C=S) groups is 1. The predicted octanol–water partition coefficient (Wildman–Crippen LogP) is 3.06. The highest BCUT2D eigenvalue weighted by molar-refractivity contribution is 7.80. The van der Waals surface area contributed by atoms with Gasteiger partial charge in [-0.05, 0) is 52.6 Å². The molecule has 0 bridgehead atoms. The van der Waals surface area contributed by atoms with Crippen molar-refractivity contribution < 1.29 is 14.6 Å². The van der Waals surface area contributed by atoms with Gasteiger partial charge in [0.1, 0.15) is 11.8 Å². The zero-order valence-electron chi connectivity index (χ0n) is 11.9. The summed E-state index contributed by atoms with van der Waals surface area (Å²) in [6.07, 6.45) is 0.702. The van der Waals surface area contributed by atoms with E-state index in [0.29, 0.717) is 12.0 Å². The number of carboxylic acids is 1. The highest BCUT2D eigenvalue weighted by Crippen LogP contribution is 2.29. The van der Waals surface area contributed by atoms with Crippen LogP contribution in [0.2, 0.25) is 0 Å². The minimum atomic E-state index is -1.06. The predicted molar refractivity (Wildman–Crippen MR) is 87.1 cm³/mol. The van der Waals surface area contributed by atoms with Crippen molar-refractivity contribution in [3.8, 4) is 5.75 Å². The lowest BCUT2D eigenvalue weighted by molar-refractivity contribution is -0.138. The molecule has 0 heterocycles. The van der Waals surface area contributed by atoms with Crippen molar-refractivity contribution in [2.24, 2.45) is 5.73 Å². The first-order valence-electron chi connectivity index (χ1n) is 6.61. The Balaban J connectivity index is 2.72. The first-order valence-corrected chi connectivity index (χ1v) is 7.02. The van der Waals surface area contributed by atoms with Crippen molar-refractivity contribution in [3.63, 3.8) is 0 Å². The van der Waals surface area contributed by atoms with Crippen LogP contribution in [0.4, 0.5) is 0 Å². The number of benzene rings is 2. The lowest BCUT2D eigenvalue weighted by atomic mass is 9.95. The Hall–Kier alpha value is -1.98. The molecule has 0 aromatic heterocycles. The van der Waals surface area contributed by atoms with Crippen LogP contribution < -0.4 is 10.5 Å². The van der Waals surface area contributed by atoms with E-state index in [2.05, 4.69) is 0 Å². The van der Waals surface area contributed by atoms with Gasteiger partial charge in [0.25, 0.3) is 0 Å². The van der Waals surface area contributed by atoms with Crippen molar-refractivity contribution in [1.82, 2.24) is 0 Å². The monoisotopic (exact) mass is 303 g/mol. The van der Waals surface area contributed by atoms with Crippen molar-refractivity contribution in [2.45, 2.75) is 19.4 Å². The van der Waals surface area contributed by atoms with E-state index < -0.39 is 12.0 Å². The Morgan fingerprint density at radius 2 is 2.10 bits per heavy atom. The van der Waals surface area contributed by atoms with Crippen LogP contribution in [0.3, 0.4) is 0 Å². The molecule has 0 aliphatic rings. The maximum atomic E-state index is 11.1. The van der Waals surface area contributed by atoms with Gasteiger partial charge >= 0.3 is 5.97 Å². The first kappa shape index (κ1) is 15.4. The van der Waals surface area contributed by atoms with E-state index in [0.717, 1.165) is 26.9 Å². The quantitative estimate of drug-likeness (QED) is 0.656. The molecule has 2 aromatic carbocycles. The largest absolute Gasteiger partial charge is 0.497 e. The van der Waals surface area contributed by atoms with Crippen LogP contribution in [0.1, 0.15) is 30.5 Å². The van der Waals surface area contributed by atoms with Gasteiger partial charge in [-0.15, -0.1) is 0 Å². The molecule has 1 atom stereocenters. The number of hydrogen-bond donors (Lipinski definition) is 2. The SMILES string of the molecule is CCC(=S)c1cc([C@H](N)C(=O)O)cc2ccc(OC)cc12. The Morgan fingerprint density at radius 1 is 1.38 bits per heavy atom. The van der Waals surface area contributed by atoms with E-state index >= 15 is 0 Å². The smallest absolute Gasteiger partial charge is 0.325 e. The molecule has 0 radical (unpaired) electrons. The lowest BCUT2D eigenvalue weighted by Crippen LogP contribution is -2.21. The average molecular weight is 303 g/mol. The second kappa shape index (κ2) is 6.20. The number of carbonyl (C=O) groups is 1. The molecule has 0 aliphatic heterocycles. The molecule has 3 N–H and O–H groups in total. The minimum Gasteiger partial charge on any atom is -0.497 e. The molecule has 110 valence electrons. The third kappa shape index (κ3) is 3.04. The Labute approximate surface area is 128 Å². The summed E-state index contributed by atoms with van der Waals surface area (Å²) in [5.41, 5.74) is 7.12. The number of carboxylic acid groups (broad SMARTS) is 1. The van der Waals surface area contributed by atoms with E-state index in [4.69, 9.17) is 27.8 Å². The van der Waals surface area contributed by atoms with Gasteiger partial charge in [0.15, 0.2) is 0 Å². The fourth-order valence-corrected chi connectivity index (χ4v) is 2.40. The molecular formula is C16H17NO3S. The van der Waals surface area contributed by atoms with Crippen LogP contribution in [0.15, 0.2) is 30.3 Å². The van der Waals surface area contributed by atoms with E-state index in [-0.39, 0.29) is 0 Å². The first-order chi connectivity index (χ1) is 9.97. The number of ether oxygens (including phenoxy) is 1. The summed E-state index contributed by atoms with van der Waals surface area (Å²) in [5, 5.41) is 10.9. The minimum absolute atomic E-state index is 0.547. The van der Waals surface area contributed by atoms with Gasteiger partial charge in [0.05, 0.1) is 7.11 Å². The highest BCUT2D eigenvalue weighted by atomic mass is 32.1. The maximum Gasteiger partial charge on any atom is 0.325 e. The molecule has 2 aromatic rings. The molecule has 0 saturated carbocycles. The molecule has 0 spiro atoms. The highest BCUT2D eigenvalue weighted by Gasteiger charge is 2.17. The van der Waals surface area contributed by atoms with Crippen LogP contribution in [0, 0.1) is 0 Å². The number of aliphatic carboxylic acids is 1. The summed E-state index contributed by atoms with van der Waals surface area (Å²) >= 11 is 5.41. The summed E-state index contributed by atoms with van der Waals surface area (Å²) in [4.78, 5) is 11.9. The van der Waals surface area contributed by atoms with Crippen molar-refractivity contribution >= 4 is 33.8 Å². The van der Waals surface area contributed by atoms with Gasteiger partial charge < -0.3 is 15.6 Å². The molecule has 5 heteroatoms. The third-order valence-electron chi connectivity index (χ3n) is 3.43. The molecule has 0 unspecified atom stereocenters. The van der Waals surface area contributed by atoms with Crippen LogP contribution >= 0.6 is 12.2 Å². The number of methoxy groups -OCH3 is 1. The molecule has 0 saturated heterocycles. The van der Waals surface area contributed by atoms with Gasteiger partial charge in [0, 0.05) is 4.86 Å².